The van der Waals surface area contributed by atoms with Crippen LogP contribution in [0.1, 0.15) is 48.8 Å². The molecule has 1 saturated carbocycles. The minimum Gasteiger partial charge on any atom is -0.352 e. The monoisotopic (exact) mass is 552 g/mol. The van der Waals surface area contributed by atoms with Crippen LogP contribution >= 0.6 is 23.4 Å². The molecular weight excluding hydrogens is 519 g/mol. The molecule has 3 aromatic rings. The number of nitrogens with one attached hydrogen (secondary N) is 1. The van der Waals surface area contributed by atoms with E-state index in [-0.39, 0.29) is 36.0 Å². The summed E-state index contributed by atoms with van der Waals surface area (Å²) in [6.45, 7) is 0.232. The summed E-state index contributed by atoms with van der Waals surface area (Å²) in [6, 6.07) is 23.0. The first-order chi connectivity index (χ1) is 18.5. The van der Waals surface area contributed by atoms with Gasteiger partial charge < -0.3 is 10.2 Å². The summed E-state index contributed by atoms with van der Waals surface area (Å²) in [5.41, 5.74) is 2.85. The summed E-state index contributed by atoms with van der Waals surface area (Å²) in [6.07, 6.45) is 5.75. The number of thioether (sulfide) groups is 1. The lowest BCUT2D eigenvalue weighted by molar-refractivity contribution is -0.139. The molecule has 0 unspecified atom stereocenters. The normalized spacial score (nSPS) is 14.6. The molecule has 4 nitrogen and oxygen atoms in total. The van der Waals surface area contributed by atoms with Crippen molar-refractivity contribution < 1.29 is 14.0 Å². The quantitative estimate of drug-likeness (QED) is 0.284. The van der Waals surface area contributed by atoms with Crippen LogP contribution < -0.4 is 5.32 Å². The molecule has 1 aliphatic carbocycles. The van der Waals surface area contributed by atoms with Gasteiger partial charge in [0, 0.05) is 29.8 Å². The predicted molar refractivity (Wildman–Crippen MR) is 154 cm³/mol. The Labute approximate surface area is 234 Å². The molecular formula is C31H34ClFN2O2S. The molecule has 7 heteroatoms. The van der Waals surface area contributed by atoms with E-state index in [9.17, 15) is 14.0 Å². The maximum atomic E-state index is 13.7. The molecule has 0 aromatic heterocycles. The van der Waals surface area contributed by atoms with Crippen molar-refractivity contribution in [2.24, 2.45) is 0 Å². The molecule has 0 saturated heterocycles. The molecule has 1 fully saturated rings. The summed E-state index contributed by atoms with van der Waals surface area (Å²) in [7, 11) is 0. The second-order valence-corrected chi connectivity index (χ2v) is 11.2. The van der Waals surface area contributed by atoms with Gasteiger partial charge in [-0.3, -0.25) is 9.59 Å². The van der Waals surface area contributed by atoms with Gasteiger partial charge in [0.15, 0.2) is 0 Å². The minimum absolute atomic E-state index is 0.118. The van der Waals surface area contributed by atoms with Gasteiger partial charge in [-0.25, -0.2) is 4.39 Å². The number of hydrogen-bond donors (Lipinski definition) is 1. The molecule has 38 heavy (non-hydrogen) atoms. The third-order valence-corrected chi connectivity index (χ3v) is 8.14. The van der Waals surface area contributed by atoms with Gasteiger partial charge >= 0.3 is 0 Å². The van der Waals surface area contributed by atoms with Crippen LogP contribution in [0.25, 0.3) is 0 Å². The van der Waals surface area contributed by atoms with E-state index in [1.54, 1.807) is 17.0 Å². The van der Waals surface area contributed by atoms with Gasteiger partial charge in [0.1, 0.15) is 11.9 Å². The Morgan fingerprint density at radius 2 is 1.55 bits per heavy atom. The van der Waals surface area contributed by atoms with Crippen molar-refractivity contribution in [2.75, 3.05) is 5.75 Å². The summed E-state index contributed by atoms with van der Waals surface area (Å²) >= 11 is 7.50. The summed E-state index contributed by atoms with van der Waals surface area (Å²) in [5, 5.41) is 3.92. The second kappa shape index (κ2) is 14.4. The van der Waals surface area contributed by atoms with Crippen LogP contribution in [0.2, 0.25) is 5.02 Å². The van der Waals surface area contributed by atoms with Crippen LogP contribution in [0.4, 0.5) is 4.39 Å². The highest BCUT2D eigenvalue weighted by Gasteiger charge is 2.31. The first-order valence-electron chi connectivity index (χ1n) is 13.2. The molecule has 1 N–H and O–H groups in total. The maximum absolute atomic E-state index is 13.7. The van der Waals surface area contributed by atoms with E-state index in [1.165, 1.54) is 30.3 Å². The summed E-state index contributed by atoms with van der Waals surface area (Å²) in [4.78, 5) is 29.1. The lowest BCUT2D eigenvalue weighted by atomic mass is 9.94. The standard InChI is InChI=1S/C31H34ClFN2O2S/c32-26-15-11-25(12-16-26)21-38-22-30(36)35(20-24-13-17-27(33)18-14-24)29(19-23-7-3-1-4-8-23)31(37)34-28-9-5-2-6-10-28/h1,3-4,7-8,11-18,28-29H,2,5-6,9-10,19-22H2,(H,34,37)/t29-/m0/s1. The topological polar surface area (TPSA) is 49.4 Å². The van der Waals surface area contributed by atoms with E-state index >= 15 is 0 Å². The fraction of sp³-hybridized carbons (Fsp3) is 0.355. The van der Waals surface area contributed by atoms with Crippen LogP contribution in [0.5, 0.6) is 0 Å². The van der Waals surface area contributed by atoms with E-state index < -0.39 is 6.04 Å². The lowest BCUT2D eigenvalue weighted by Gasteiger charge is -2.33. The third-order valence-electron chi connectivity index (χ3n) is 6.90. The van der Waals surface area contributed by atoms with Gasteiger partial charge in [-0.05, 0) is 53.8 Å². The van der Waals surface area contributed by atoms with Crippen molar-refractivity contribution in [2.45, 2.75) is 62.9 Å². The lowest BCUT2D eigenvalue weighted by Crippen LogP contribution is -2.53. The first-order valence-corrected chi connectivity index (χ1v) is 14.7. The van der Waals surface area contributed by atoms with Crippen LogP contribution in [-0.2, 0) is 28.3 Å². The van der Waals surface area contributed by atoms with Crippen molar-refractivity contribution in [3.63, 3.8) is 0 Å². The van der Waals surface area contributed by atoms with Crippen molar-refractivity contribution in [1.29, 1.82) is 0 Å². The zero-order chi connectivity index (χ0) is 26.7. The molecule has 1 atom stereocenters. The highest BCUT2D eigenvalue weighted by molar-refractivity contribution is 7.99. The highest BCUT2D eigenvalue weighted by atomic mass is 35.5. The van der Waals surface area contributed by atoms with Gasteiger partial charge in [0.2, 0.25) is 11.8 Å². The van der Waals surface area contributed by atoms with Gasteiger partial charge in [0.05, 0.1) is 5.75 Å². The molecule has 0 heterocycles. The van der Waals surface area contributed by atoms with Crippen LogP contribution in [0.15, 0.2) is 78.9 Å². The molecule has 200 valence electrons. The van der Waals surface area contributed by atoms with Crippen molar-refractivity contribution in [1.82, 2.24) is 10.2 Å². The molecule has 0 spiro atoms. The van der Waals surface area contributed by atoms with Gasteiger partial charge in [-0.15, -0.1) is 11.8 Å². The summed E-state index contributed by atoms with van der Waals surface area (Å²) in [5.74, 6) is 0.310. The number of hydrogen-bond acceptors (Lipinski definition) is 3. The Balaban J connectivity index is 1.55. The fourth-order valence-corrected chi connectivity index (χ4v) is 5.80. The van der Waals surface area contributed by atoms with E-state index in [0.717, 1.165) is 42.4 Å². The van der Waals surface area contributed by atoms with Crippen LogP contribution in [0, 0.1) is 5.82 Å². The molecule has 0 aliphatic heterocycles. The van der Waals surface area contributed by atoms with E-state index in [0.29, 0.717) is 17.2 Å². The van der Waals surface area contributed by atoms with Gasteiger partial charge in [-0.2, -0.15) is 0 Å². The van der Waals surface area contributed by atoms with Gasteiger partial charge in [0.25, 0.3) is 0 Å². The Morgan fingerprint density at radius 1 is 0.895 bits per heavy atom. The molecule has 1 aliphatic rings. The predicted octanol–water partition coefficient (Wildman–Crippen LogP) is 6.80. The van der Waals surface area contributed by atoms with Crippen molar-refractivity contribution in [3.05, 3.63) is 106 Å². The van der Waals surface area contributed by atoms with Crippen molar-refractivity contribution in [3.8, 4) is 0 Å². The zero-order valence-corrected chi connectivity index (χ0v) is 23.0. The number of carbonyl (C=O) groups is 2. The number of carbonyl (C=O) groups excluding carboxylic acids is 2. The molecule has 4 rings (SSSR count). The number of nitrogens with zero attached hydrogens (tertiary/aromatic N) is 1. The Bertz CT molecular complexity index is 1170. The molecule has 0 bridgehead atoms. The number of benzene rings is 3. The number of rotatable bonds is 11. The molecule has 0 radical (unpaired) electrons. The maximum Gasteiger partial charge on any atom is 0.243 e. The van der Waals surface area contributed by atoms with E-state index in [2.05, 4.69) is 5.32 Å². The van der Waals surface area contributed by atoms with E-state index in [4.69, 9.17) is 11.6 Å². The Kier molecular flexibility index (Phi) is 10.6. The van der Waals surface area contributed by atoms with Crippen LogP contribution in [-0.4, -0.2) is 34.6 Å². The van der Waals surface area contributed by atoms with E-state index in [1.807, 2.05) is 54.6 Å². The van der Waals surface area contributed by atoms with Crippen molar-refractivity contribution >= 4 is 35.2 Å². The highest BCUT2D eigenvalue weighted by Crippen LogP contribution is 2.22. The first kappa shape index (κ1) is 28.2. The van der Waals surface area contributed by atoms with Crippen LogP contribution in [0.3, 0.4) is 0 Å². The number of halogens is 2. The summed E-state index contributed by atoms with van der Waals surface area (Å²) < 4.78 is 13.6. The molecule has 3 aromatic carbocycles. The second-order valence-electron chi connectivity index (χ2n) is 9.82. The minimum atomic E-state index is -0.673. The SMILES string of the molecule is O=C(NC1CCCCC1)[C@H](Cc1ccccc1)N(Cc1ccc(F)cc1)C(=O)CSCc1ccc(Cl)cc1. The average Bonchev–Trinajstić information content (AvgIpc) is 2.94. The average molecular weight is 553 g/mol. The largest absolute Gasteiger partial charge is 0.352 e. The number of amides is 2. The smallest absolute Gasteiger partial charge is 0.243 e. The molecule has 2 amide bonds. The van der Waals surface area contributed by atoms with Gasteiger partial charge in [-0.1, -0.05) is 85.5 Å². The zero-order valence-electron chi connectivity index (χ0n) is 21.5. The third kappa shape index (κ3) is 8.60. The fourth-order valence-electron chi connectivity index (χ4n) is 4.80. The Hall–Kier alpha value is -2.83. The Morgan fingerprint density at radius 3 is 2.24 bits per heavy atom.